The SMILES string of the molecule is CN(CC(=O)Nc1ccccc1C(F)(F)F)C(=O)CN1C(=O)c2cc(Cl)c(Cl)cc2C1=O. The standard InChI is InChI=1S/C20H14Cl2F3N3O4/c1-27(8-16(29)26-15-5-3-2-4-12(15)20(23,24)25)17(30)9-28-18(31)10-6-13(21)14(22)7-11(10)19(28)32/h2-7H,8-9H2,1H3,(H,26,29). The second-order valence-corrected chi connectivity index (χ2v) is 7.66. The molecule has 0 atom stereocenters. The van der Waals surface area contributed by atoms with E-state index in [-0.39, 0.29) is 21.2 Å². The largest absolute Gasteiger partial charge is 0.418 e. The van der Waals surface area contributed by atoms with E-state index in [9.17, 15) is 32.3 Å². The lowest BCUT2D eigenvalue weighted by Gasteiger charge is -2.21. The molecule has 0 aromatic heterocycles. The Morgan fingerprint density at radius 1 is 1.03 bits per heavy atom. The van der Waals surface area contributed by atoms with Gasteiger partial charge in [-0.25, -0.2) is 0 Å². The maximum absolute atomic E-state index is 13.1. The quantitative estimate of drug-likeness (QED) is 0.651. The van der Waals surface area contributed by atoms with Crippen LogP contribution in [0.4, 0.5) is 18.9 Å². The summed E-state index contributed by atoms with van der Waals surface area (Å²) in [5.74, 6) is -3.18. The number of hydrogen-bond donors (Lipinski definition) is 1. The lowest BCUT2D eigenvalue weighted by atomic mass is 10.1. The number of nitrogens with zero attached hydrogens (tertiary/aromatic N) is 2. The predicted molar refractivity (Wildman–Crippen MR) is 110 cm³/mol. The molecular weight excluding hydrogens is 474 g/mol. The van der Waals surface area contributed by atoms with E-state index in [0.29, 0.717) is 4.90 Å². The van der Waals surface area contributed by atoms with Crippen LogP contribution in [0, 0.1) is 0 Å². The van der Waals surface area contributed by atoms with Gasteiger partial charge in [-0.2, -0.15) is 13.2 Å². The lowest BCUT2D eigenvalue weighted by Crippen LogP contribution is -2.43. The molecule has 0 unspecified atom stereocenters. The summed E-state index contributed by atoms with van der Waals surface area (Å²) >= 11 is 11.7. The third kappa shape index (κ3) is 4.71. The summed E-state index contributed by atoms with van der Waals surface area (Å²) in [4.78, 5) is 51.1. The summed E-state index contributed by atoms with van der Waals surface area (Å²) < 4.78 is 39.2. The molecule has 1 N–H and O–H groups in total. The first-order chi connectivity index (χ1) is 14.9. The van der Waals surface area contributed by atoms with Crippen molar-refractivity contribution >= 4 is 52.5 Å². The fourth-order valence-corrected chi connectivity index (χ4v) is 3.34. The number of alkyl halides is 3. The Kier molecular flexibility index (Phi) is 6.47. The molecule has 2 aromatic carbocycles. The number of imide groups is 1. The van der Waals surface area contributed by atoms with Gasteiger partial charge >= 0.3 is 6.18 Å². The highest BCUT2D eigenvalue weighted by molar-refractivity contribution is 6.43. The molecule has 0 radical (unpaired) electrons. The molecule has 0 spiro atoms. The van der Waals surface area contributed by atoms with Crippen molar-refractivity contribution in [3.05, 3.63) is 63.1 Å². The number of fused-ring (bicyclic) bond motifs is 1. The van der Waals surface area contributed by atoms with Gasteiger partial charge in [0.05, 0.1) is 39.0 Å². The first-order valence-corrected chi connectivity index (χ1v) is 9.71. The molecular formula is C20H14Cl2F3N3O4. The van der Waals surface area contributed by atoms with Gasteiger partial charge in [0.2, 0.25) is 11.8 Å². The van der Waals surface area contributed by atoms with Crippen LogP contribution in [-0.2, 0) is 15.8 Å². The average Bonchev–Trinajstić information content (AvgIpc) is 2.92. The van der Waals surface area contributed by atoms with Gasteiger partial charge in [-0.1, -0.05) is 35.3 Å². The minimum atomic E-state index is -4.68. The van der Waals surface area contributed by atoms with E-state index >= 15 is 0 Å². The zero-order valence-corrected chi connectivity index (χ0v) is 17.8. The first kappa shape index (κ1) is 23.6. The van der Waals surface area contributed by atoms with Gasteiger partial charge in [-0.15, -0.1) is 0 Å². The van der Waals surface area contributed by atoms with E-state index in [2.05, 4.69) is 5.32 Å². The number of anilines is 1. The molecule has 3 rings (SSSR count). The second-order valence-electron chi connectivity index (χ2n) is 6.85. The Morgan fingerprint density at radius 2 is 1.56 bits per heavy atom. The Hall–Kier alpha value is -3.11. The van der Waals surface area contributed by atoms with E-state index in [1.165, 1.54) is 31.3 Å². The Balaban J connectivity index is 1.65. The van der Waals surface area contributed by atoms with Crippen LogP contribution < -0.4 is 5.32 Å². The topological polar surface area (TPSA) is 86.8 Å². The van der Waals surface area contributed by atoms with Gasteiger partial charge in [0, 0.05) is 7.05 Å². The normalized spacial score (nSPS) is 13.2. The van der Waals surface area contributed by atoms with Crippen molar-refractivity contribution in [2.45, 2.75) is 6.18 Å². The number of rotatable bonds is 5. The van der Waals surface area contributed by atoms with Crippen molar-refractivity contribution in [1.82, 2.24) is 9.80 Å². The zero-order valence-electron chi connectivity index (χ0n) is 16.3. The van der Waals surface area contributed by atoms with Gasteiger partial charge in [-0.05, 0) is 24.3 Å². The monoisotopic (exact) mass is 487 g/mol. The van der Waals surface area contributed by atoms with Gasteiger partial charge in [-0.3, -0.25) is 24.1 Å². The van der Waals surface area contributed by atoms with E-state index < -0.39 is 54.1 Å². The molecule has 1 heterocycles. The third-order valence-corrected chi connectivity index (χ3v) is 5.34. The number of carbonyl (C=O) groups is 4. The Bertz CT molecular complexity index is 1100. The number of carbonyl (C=O) groups excluding carboxylic acids is 4. The lowest BCUT2D eigenvalue weighted by molar-refractivity contribution is -0.137. The second kappa shape index (κ2) is 8.79. The number of benzene rings is 2. The fourth-order valence-electron chi connectivity index (χ4n) is 3.02. The molecule has 1 aliphatic heterocycles. The molecule has 4 amide bonds. The van der Waals surface area contributed by atoms with Crippen LogP contribution >= 0.6 is 23.2 Å². The summed E-state index contributed by atoms with van der Waals surface area (Å²) in [5, 5.41) is 2.24. The van der Waals surface area contributed by atoms with Crippen LogP contribution in [-0.4, -0.2) is 53.6 Å². The van der Waals surface area contributed by atoms with Gasteiger partial charge in [0.15, 0.2) is 0 Å². The molecule has 1 aliphatic rings. The highest BCUT2D eigenvalue weighted by atomic mass is 35.5. The summed E-state index contributed by atoms with van der Waals surface area (Å²) in [6.07, 6.45) is -4.68. The first-order valence-electron chi connectivity index (χ1n) is 8.95. The van der Waals surface area contributed by atoms with E-state index in [0.717, 1.165) is 17.0 Å². The minimum Gasteiger partial charge on any atom is -0.335 e. The van der Waals surface area contributed by atoms with Gasteiger partial charge in [0.25, 0.3) is 11.8 Å². The summed E-state index contributed by atoms with van der Waals surface area (Å²) in [7, 11) is 1.21. The fraction of sp³-hybridized carbons (Fsp3) is 0.200. The maximum atomic E-state index is 13.1. The van der Waals surface area contributed by atoms with Crippen molar-refractivity contribution in [3.63, 3.8) is 0 Å². The summed E-state index contributed by atoms with van der Waals surface area (Å²) in [6.45, 7) is -1.28. The number of hydrogen-bond acceptors (Lipinski definition) is 4. The number of amides is 4. The van der Waals surface area contributed by atoms with Crippen molar-refractivity contribution in [2.75, 3.05) is 25.5 Å². The predicted octanol–water partition coefficient (Wildman–Crippen LogP) is 3.71. The molecule has 0 saturated carbocycles. The molecule has 2 aromatic rings. The number of halogens is 5. The van der Waals surface area contributed by atoms with E-state index in [1.54, 1.807) is 0 Å². The van der Waals surface area contributed by atoms with Gasteiger partial charge in [0.1, 0.15) is 6.54 Å². The van der Waals surface area contributed by atoms with Crippen molar-refractivity contribution < 1.29 is 32.3 Å². The van der Waals surface area contributed by atoms with Crippen LogP contribution in [0.5, 0.6) is 0 Å². The Labute approximate surface area is 189 Å². The number of para-hydroxylation sites is 1. The van der Waals surface area contributed by atoms with Gasteiger partial charge < -0.3 is 10.2 Å². The van der Waals surface area contributed by atoms with Crippen LogP contribution in [0.15, 0.2) is 36.4 Å². The molecule has 32 heavy (non-hydrogen) atoms. The molecule has 12 heteroatoms. The molecule has 0 fully saturated rings. The highest BCUT2D eigenvalue weighted by Crippen LogP contribution is 2.34. The summed E-state index contributed by atoms with van der Waals surface area (Å²) in [5.41, 5.74) is -1.52. The highest BCUT2D eigenvalue weighted by Gasteiger charge is 2.38. The summed E-state index contributed by atoms with van der Waals surface area (Å²) in [6, 6.07) is 6.83. The number of likely N-dealkylation sites (N-methyl/N-ethyl adjacent to an activating group) is 1. The van der Waals surface area contributed by atoms with Crippen molar-refractivity contribution in [3.8, 4) is 0 Å². The average molecular weight is 488 g/mol. The molecule has 0 bridgehead atoms. The van der Waals surface area contributed by atoms with Crippen molar-refractivity contribution in [2.24, 2.45) is 0 Å². The third-order valence-electron chi connectivity index (χ3n) is 4.62. The smallest absolute Gasteiger partial charge is 0.335 e. The molecule has 7 nitrogen and oxygen atoms in total. The van der Waals surface area contributed by atoms with Crippen LogP contribution in [0.3, 0.4) is 0 Å². The van der Waals surface area contributed by atoms with E-state index in [1.807, 2.05) is 0 Å². The number of nitrogens with one attached hydrogen (secondary N) is 1. The van der Waals surface area contributed by atoms with Crippen molar-refractivity contribution in [1.29, 1.82) is 0 Å². The van der Waals surface area contributed by atoms with E-state index in [4.69, 9.17) is 23.2 Å². The molecule has 0 saturated heterocycles. The van der Waals surface area contributed by atoms with Crippen LogP contribution in [0.1, 0.15) is 26.3 Å². The minimum absolute atomic E-state index is 0.0126. The van der Waals surface area contributed by atoms with Crippen LogP contribution in [0.2, 0.25) is 10.0 Å². The zero-order chi connectivity index (χ0) is 23.8. The maximum Gasteiger partial charge on any atom is 0.418 e. The Morgan fingerprint density at radius 3 is 2.09 bits per heavy atom. The molecule has 0 aliphatic carbocycles. The molecule has 168 valence electrons. The van der Waals surface area contributed by atoms with Crippen LogP contribution in [0.25, 0.3) is 0 Å².